The maximum atomic E-state index is 12.2. The van der Waals surface area contributed by atoms with E-state index in [4.69, 9.17) is 23.2 Å². The normalized spacial score (nSPS) is 22.1. The van der Waals surface area contributed by atoms with E-state index in [0.29, 0.717) is 28.7 Å². The molecule has 1 fully saturated rings. The molecule has 2 aliphatic carbocycles. The third-order valence-corrected chi connectivity index (χ3v) is 5.16. The lowest BCUT2D eigenvalue weighted by Crippen LogP contribution is -2.28. The van der Waals surface area contributed by atoms with Crippen LogP contribution in [0.2, 0.25) is 10.0 Å². The van der Waals surface area contributed by atoms with Crippen LogP contribution >= 0.6 is 23.2 Å². The highest BCUT2D eigenvalue weighted by Crippen LogP contribution is 2.39. The third kappa shape index (κ3) is 5.23. The quantitative estimate of drug-likeness (QED) is 0.709. The lowest BCUT2D eigenvalue weighted by Gasteiger charge is -2.13. The zero-order valence-corrected chi connectivity index (χ0v) is 15.5. The molecule has 1 aromatic carbocycles. The van der Waals surface area contributed by atoms with Gasteiger partial charge in [-0.1, -0.05) is 34.9 Å². The summed E-state index contributed by atoms with van der Waals surface area (Å²) in [6, 6.07) is 4.88. The number of rotatable bonds is 6. The molecule has 0 saturated heterocycles. The number of nitrogens with one attached hydrogen (secondary N) is 2. The molecular weight excluding hydrogens is 359 g/mol. The maximum absolute atomic E-state index is 12.2. The third-order valence-electron chi connectivity index (χ3n) is 4.72. The van der Waals surface area contributed by atoms with E-state index < -0.39 is 0 Å². The molecule has 0 aromatic heterocycles. The predicted octanol–water partition coefficient (Wildman–Crippen LogP) is 4.57. The van der Waals surface area contributed by atoms with Crippen LogP contribution in [0.5, 0.6) is 0 Å². The van der Waals surface area contributed by atoms with Gasteiger partial charge in [-0.15, -0.1) is 0 Å². The van der Waals surface area contributed by atoms with Gasteiger partial charge in [-0.2, -0.15) is 0 Å². The summed E-state index contributed by atoms with van der Waals surface area (Å²) < 4.78 is 0. The molecule has 2 unspecified atom stereocenters. The number of carbonyl (C=O) groups excluding carboxylic acids is 2. The summed E-state index contributed by atoms with van der Waals surface area (Å²) in [5.41, 5.74) is 1.99. The second kappa shape index (κ2) is 8.24. The average molecular weight is 381 g/mol. The predicted molar refractivity (Wildman–Crippen MR) is 101 cm³/mol. The van der Waals surface area contributed by atoms with Crippen molar-refractivity contribution in [3.8, 4) is 0 Å². The van der Waals surface area contributed by atoms with Gasteiger partial charge in [-0.25, -0.2) is 0 Å². The van der Waals surface area contributed by atoms with Crippen LogP contribution < -0.4 is 10.6 Å². The number of allylic oxidation sites excluding steroid dienone is 1. The largest absolute Gasteiger partial charge is 0.356 e. The molecule has 6 heteroatoms. The summed E-state index contributed by atoms with van der Waals surface area (Å²) in [4.78, 5) is 24.4. The number of anilines is 1. The zero-order chi connectivity index (χ0) is 17.8. The van der Waals surface area contributed by atoms with Crippen LogP contribution in [-0.2, 0) is 9.59 Å². The molecule has 2 atom stereocenters. The van der Waals surface area contributed by atoms with Gasteiger partial charge in [0.1, 0.15) is 0 Å². The topological polar surface area (TPSA) is 58.2 Å². The van der Waals surface area contributed by atoms with Gasteiger partial charge in [0, 0.05) is 22.3 Å². The second-order valence-electron chi connectivity index (χ2n) is 6.75. The summed E-state index contributed by atoms with van der Waals surface area (Å²) >= 11 is 11.8. The molecule has 0 spiro atoms. The molecule has 0 bridgehead atoms. The standard InChI is InChI=1S/C19H22Cl2N2O2/c20-13-8-14(21)10-15(9-13)23-19(25)17-11-16(17)18(24)22-7-6-12-4-2-1-3-5-12/h4,8-10,16-17H,1-3,5-7,11H2,(H,22,24)(H,23,25). The Morgan fingerprint density at radius 3 is 2.44 bits per heavy atom. The van der Waals surface area contributed by atoms with E-state index in [2.05, 4.69) is 16.7 Å². The molecule has 134 valence electrons. The Kier molecular flexibility index (Phi) is 6.02. The number of hydrogen-bond acceptors (Lipinski definition) is 2. The van der Waals surface area contributed by atoms with E-state index in [1.807, 2.05) is 0 Å². The first-order chi connectivity index (χ1) is 12.0. The summed E-state index contributed by atoms with van der Waals surface area (Å²) in [5, 5.41) is 6.66. The molecule has 1 saturated carbocycles. The molecule has 4 nitrogen and oxygen atoms in total. The lowest BCUT2D eigenvalue weighted by atomic mass is 9.97. The minimum Gasteiger partial charge on any atom is -0.356 e. The number of carbonyl (C=O) groups is 2. The highest BCUT2D eigenvalue weighted by molar-refractivity contribution is 6.35. The van der Waals surface area contributed by atoms with E-state index >= 15 is 0 Å². The van der Waals surface area contributed by atoms with Gasteiger partial charge in [-0.05, 0) is 56.7 Å². The highest BCUT2D eigenvalue weighted by Gasteiger charge is 2.47. The first-order valence-corrected chi connectivity index (χ1v) is 9.51. The van der Waals surface area contributed by atoms with Crippen LogP contribution in [0, 0.1) is 11.8 Å². The van der Waals surface area contributed by atoms with Gasteiger partial charge in [0.2, 0.25) is 11.8 Å². The summed E-state index contributed by atoms with van der Waals surface area (Å²) in [6.07, 6.45) is 8.61. The van der Waals surface area contributed by atoms with Crippen LogP contribution in [0.15, 0.2) is 29.8 Å². The van der Waals surface area contributed by atoms with E-state index in [9.17, 15) is 9.59 Å². The summed E-state index contributed by atoms with van der Waals surface area (Å²) in [5.74, 6) is -0.684. The first-order valence-electron chi connectivity index (χ1n) is 8.75. The fraction of sp³-hybridized carbons (Fsp3) is 0.474. The fourth-order valence-electron chi connectivity index (χ4n) is 3.24. The van der Waals surface area contributed by atoms with E-state index in [-0.39, 0.29) is 23.7 Å². The minimum atomic E-state index is -0.272. The van der Waals surface area contributed by atoms with Crippen LogP contribution in [0.4, 0.5) is 5.69 Å². The van der Waals surface area contributed by atoms with Crippen molar-refractivity contribution in [1.82, 2.24) is 5.32 Å². The van der Waals surface area contributed by atoms with Gasteiger partial charge in [0.25, 0.3) is 0 Å². The Bertz CT molecular complexity index is 682. The van der Waals surface area contributed by atoms with Crippen molar-refractivity contribution >= 4 is 40.7 Å². The van der Waals surface area contributed by atoms with Crippen molar-refractivity contribution in [1.29, 1.82) is 0 Å². The highest BCUT2D eigenvalue weighted by atomic mass is 35.5. The Balaban J connectivity index is 1.42. The van der Waals surface area contributed by atoms with Crippen molar-refractivity contribution < 1.29 is 9.59 Å². The van der Waals surface area contributed by atoms with Gasteiger partial charge in [0.05, 0.1) is 11.8 Å². The van der Waals surface area contributed by atoms with Gasteiger partial charge >= 0.3 is 0 Å². The number of halogens is 2. The smallest absolute Gasteiger partial charge is 0.228 e. The monoisotopic (exact) mass is 380 g/mol. The molecule has 25 heavy (non-hydrogen) atoms. The van der Waals surface area contributed by atoms with E-state index in [0.717, 1.165) is 19.3 Å². The van der Waals surface area contributed by atoms with Crippen molar-refractivity contribution in [2.75, 3.05) is 11.9 Å². The molecule has 0 aliphatic heterocycles. The van der Waals surface area contributed by atoms with E-state index in [1.165, 1.54) is 18.4 Å². The van der Waals surface area contributed by atoms with E-state index in [1.54, 1.807) is 18.2 Å². The zero-order valence-electron chi connectivity index (χ0n) is 14.0. The van der Waals surface area contributed by atoms with Crippen molar-refractivity contribution in [3.05, 3.63) is 39.9 Å². The van der Waals surface area contributed by atoms with Crippen molar-refractivity contribution in [2.45, 2.75) is 38.5 Å². The van der Waals surface area contributed by atoms with Crippen molar-refractivity contribution in [2.24, 2.45) is 11.8 Å². The number of hydrogen-bond donors (Lipinski definition) is 2. The summed E-state index contributed by atoms with van der Waals surface area (Å²) in [6.45, 7) is 0.652. The summed E-state index contributed by atoms with van der Waals surface area (Å²) in [7, 11) is 0. The molecule has 0 heterocycles. The molecule has 2 amide bonds. The molecule has 3 rings (SSSR count). The van der Waals surface area contributed by atoms with Crippen LogP contribution in [0.25, 0.3) is 0 Å². The average Bonchev–Trinajstić information content (AvgIpc) is 3.35. The number of amides is 2. The molecule has 0 radical (unpaired) electrons. The Morgan fingerprint density at radius 2 is 1.76 bits per heavy atom. The second-order valence-corrected chi connectivity index (χ2v) is 7.62. The lowest BCUT2D eigenvalue weighted by molar-refractivity contribution is -0.125. The van der Waals surface area contributed by atoms with Gasteiger partial charge in [0.15, 0.2) is 0 Å². The Morgan fingerprint density at radius 1 is 1.04 bits per heavy atom. The fourth-order valence-corrected chi connectivity index (χ4v) is 3.77. The molecule has 2 aliphatic rings. The maximum Gasteiger partial charge on any atom is 0.228 e. The molecule has 2 N–H and O–H groups in total. The SMILES string of the molecule is O=C(NCCC1=CCCCC1)C1CC1C(=O)Nc1cc(Cl)cc(Cl)c1. The molecule has 1 aromatic rings. The van der Waals surface area contributed by atoms with Gasteiger partial charge in [-0.3, -0.25) is 9.59 Å². The minimum absolute atomic E-state index is 0.0271. The Hall–Kier alpha value is -1.52. The van der Waals surface area contributed by atoms with Gasteiger partial charge < -0.3 is 10.6 Å². The van der Waals surface area contributed by atoms with Crippen LogP contribution in [0.1, 0.15) is 38.5 Å². The first kappa shape index (κ1) is 18.3. The van der Waals surface area contributed by atoms with Crippen molar-refractivity contribution in [3.63, 3.8) is 0 Å². The van der Waals surface area contributed by atoms with Crippen LogP contribution in [0.3, 0.4) is 0 Å². The number of benzene rings is 1. The molecular formula is C19H22Cl2N2O2. The Labute approximate surface area is 158 Å². The van der Waals surface area contributed by atoms with Crippen LogP contribution in [-0.4, -0.2) is 18.4 Å².